The molecule has 0 heterocycles. The van der Waals surface area contributed by atoms with Crippen LogP contribution in [0.2, 0.25) is 0 Å². The Morgan fingerprint density at radius 3 is 2.33 bits per heavy atom. The molecular weight excluding hydrogens is 331 g/mol. The zero-order valence-electron chi connectivity index (χ0n) is 13.3. The zero-order chi connectivity index (χ0) is 17.6. The number of hydrogen-bond donors (Lipinski definition) is 2. The van der Waals surface area contributed by atoms with E-state index in [1.54, 1.807) is 36.4 Å². The van der Waals surface area contributed by atoms with Crippen LogP contribution in [0.15, 0.2) is 48.5 Å². The second-order valence-corrected chi connectivity index (χ2v) is 7.29. The van der Waals surface area contributed by atoms with Gasteiger partial charge in [0.2, 0.25) is 15.9 Å². The third-order valence-corrected chi connectivity index (χ3v) is 4.77. The van der Waals surface area contributed by atoms with Crippen molar-refractivity contribution in [1.82, 2.24) is 10.0 Å². The molecule has 0 saturated heterocycles. The van der Waals surface area contributed by atoms with E-state index >= 15 is 0 Å². The van der Waals surface area contributed by atoms with Crippen molar-refractivity contribution in [1.29, 1.82) is 0 Å². The van der Waals surface area contributed by atoms with Crippen LogP contribution in [0, 0.1) is 5.82 Å². The average Bonchev–Trinajstić information content (AvgIpc) is 2.54. The molecule has 0 aromatic heterocycles. The van der Waals surface area contributed by atoms with Crippen molar-refractivity contribution < 1.29 is 17.6 Å². The molecule has 0 aliphatic rings. The Morgan fingerprint density at radius 2 is 1.71 bits per heavy atom. The number of sulfonamides is 1. The lowest BCUT2D eigenvalue weighted by Crippen LogP contribution is -2.24. The molecule has 2 N–H and O–H groups in total. The Morgan fingerprint density at radius 1 is 1.04 bits per heavy atom. The van der Waals surface area contributed by atoms with E-state index < -0.39 is 10.0 Å². The Kier molecular flexibility index (Phi) is 6.05. The predicted octanol–water partition coefficient (Wildman–Crippen LogP) is 1.73. The number of rotatable bonds is 7. The SMILES string of the molecule is CNS(=O)(=O)Cc1ccc(CNC(=O)Cc2cccc(F)c2)cc1. The Hall–Kier alpha value is -2.25. The Labute approximate surface area is 141 Å². The van der Waals surface area contributed by atoms with Crippen LogP contribution < -0.4 is 10.0 Å². The van der Waals surface area contributed by atoms with Gasteiger partial charge in [0.1, 0.15) is 5.82 Å². The maximum atomic E-state index is 13.1. The molecule has 0 fully saturated rings. The molecule has 0 atom stereocenters. The summed E-state index contributed by atoms with van der Waals surface area (Å²) < 4.78 is 38.3. The first kappa shape index (κ1) is 18.1. The molecule has 0 unspecified atom stereocenters. The number of benzene rings is 2. The molecule has 0 spiro atoms. The third kappa shape index (κ3) is 5.75. The van der Waals surface area contributed by atoms with Crippen molar-refractivity contribution in [3.8, 4) is 0 Å². The molecule has 5 nitrogen and oxygen atoms in total. The highest BCUT2D eigenvalue weighted by molar-refractivity contribution is 7.88. The highest BCUT2D eigenvalue weighted by atomic mass is 32.2. The fourth-order valence-corrected chi connectivity index (χ4v) is 2.92. The van der Waals surface area contributed by atoms with Gasteiger partial charge in [0.15, 0.2) is 0 Å². The largest absolute Gasteiger partial charge is 0.352 e. The number of halogens is 1. The molecular formula is C17H19FN2O3S. The van der Waals surface area contributed by atoms with Gasteiger partial charge in [-0.2, -0.15) is 0 Å². The Bertz CT molecular complexity index is 805. The zero-order valence-corrected chi connectivity index (χ0v) is 14.1. The van der Waals surface area contributed by atoms with Gasteiger partial charge >= 0.3 is 0 Å². The van der Waals surface area contributed by atoms with Crippen LogP contribution in [0.4, 0.5) is 4.39 Å². The number of nitrogens with one attached hydrogen (secondary N) is 2. The van der Waals surface area contributed by atoms with Gasteiger partial charge in [0.05, 0.1) is 12.2 Å². The smallest absolute Gasteiger partial charge is 0.224 e. The molecule has 24 heavy (non-hydrogen) atoms. The lowest BCUT2D eigenvalue weighted by atomic mass is 10.1. The molecule has 2 aromatic rings. The lowest BCUT2D eigenvalue weighted by molar-refractivity contribution is -0.120. The first-order valence-corrected chi connectivity index (χ1v) is 9.03. The van der Waals surface area contributed by atoms with E-state index in [0.717, 1.165) is 5.56 Å². The van der Waals surface area contributed by atoms with Crippen molar-refractivity contribution in [3.05, 3.63) is 71.0 Å². The second-order valence-electron chi connectivity index (χ2n) is 5.36. The predicted molar refractivity (Wildman–Crippen MR) is 90.1 cm³/mol. The highest BCUT2D eigenvalue weighted by Crippen LogP contribution is 2.08. The molecule has 1 amide bonds. The summed E-state index contributed by atoms with van der Waals surface area (Å²) in [7, 11) is -1.93. The molecule has 0 saturated carbocycles. The summed E-state index contributed by atoms with van der Waals surface area (Å²) in [5.74, 6) is -0.662. The van der Waals surface area contributed by atoms with E-state index in [0.29, 0.717) is 17.7 Å². The summed E-state index contributed by atoms with van der Waals surface area (Å²) >= 11 is 0. The van der Waals surface area contributed by atoms with Crippen LogP contribution in [0.25, 0.3) is 0 Å². The van der Waals surface area contributed by atoms with Gasteiger partial charge < -0.3 is 5.32 Å². The minimum absolute atomic E-state index is 0.0876. The first-order valence-electron chi connectivity index (χ1n) is 7.38. The second kappa shape index (κ2) is 8.03. The molecule has 2 aromatic carbocycles. The van der Waals surface area contributed by atoms with Crippen LogP contribution in [-0.2, 0) is 33.5 Å². The van der Waals surface area contributed by atoms with Crippen LogP contribution in [0.5, 0.6) is 0 Å². The molecule has 0 radical (unpaired) electrons. The normalized spacial score (nSPS) is 11.2. The van der Waals surface area contributed by atoms with E-state index in [9.17, 15) is 17.6 Å². The summed E-state index contributed by atoms with van der Waals surface area (Å²) in [5, 5.41) is 2.75. The molecule has 0 aliphatic carbocycles. The van der Waals surface area contributed by atoms with Gasteiger partial charge in [-0.1, -0.05) is 36.4 Å². The van der Waals surface area contributed by atoms with Gasteiger partial charge in [-0.05, 0) is 35.9 Å². The summed E-state index contributed by atoms with van der Waals surface area (Å²) in [5.41, 5.74) is 2.13. The highest BCUT2D eigenvalue weighted by Gasteiger charge is 2.08. The molecule has 128 valence electrons. The van der Waals surface area contributed by atoms with E-state index in [1.807, 2.05) is 0 Å². The summed E-state index contributed by atoms with van der Waals surface area (Å²) in [6.07, 6.45) is 0.107. The first-order chi connectivity index (χ1) is 11.4. The molecule has 0 aliphatic heterocycles. The van der Waals surface area contributed by atoms with Crippen molar-refractivity contribution in [2.75, 3.05) is 7.05 Å². The van der Waals surface area contributed by atoms with Crippen molar-refractivity contribution in [3.63, 3.8) is 0 Å². The van der Waals surface area contributed by atoms with Gasteiger partial charge in [0.25, 0.3) is 0 Å². The summed E-state index contributed by atoms with van der Waals surface area (Å²) in [4.78, 5) is 11.9. The maximum absolute atomic E-state index is 13.1. The van der Waals surface area contributed by atoms with Crippen LogP contribution in [0.1, 0.15) is 16.7 Å². The van der Waals surface area contributed by atoms with Crippen LogP contribution >= 0.6 is 0 Å². The van der Waals surface area contributed by atoms with Crippen LogP contribution in [0.3, 0.4) is 0 Å². The van der Waals surface area contributed by atoms with Crippen molar-refractivity contribution in [2.24, 2.45) is 0 Å². The standard InChI is InChI=1S/C17H19FN2O3S/c1-19-24(22,23)12-14-7-5-13(6-8-14)11-20-17(21)10-15-3-2-4-16(18)9-15/h2-9,19H,10-12H2,1H3,(H,20,21). The lowest BCUT2D eigenvalue weighted by Gasteiger charge is -2.07. The van der Waals surface area contributed by atoms with Crippen molar-refractivity contribution in [2.45, 2.75) is 18.7 Å². The van der Waals surface area contributed by atoms with Gasteiger partial charge in [-0.15, -0.1) is 0 Å². The molecule has 0 bridgehead atoms. The fourth-order valence-electron chi connectivity index (χ4n) is 2.14. The van der Waals surface area contributed by atoms with E-state index in [4.69, 9.17) is 0 Å². The van der Waals surface area contributed by atoms with Crippen molar-refractivity contribution >= 4 is 15.9 Å². The molecule has 2 rings (SSSR count). The maximum Gasteiger partial charge on any atom is 0.224 e. The van der Waals surface area contributed by atoms with E-state index in [1.165, 1.54) is 19.2 Å². The molecule has 7 heteroatoms. The minimum atomic E-state index is -3.30. The average molecular weight is 350 g/mol. The number of hydrogen-bond acceptors (Lipinski definition) is 3. The third-order valence-electron chi connectivity index (χ3n) is 3.43. The monoisotopic (exact) mass is 350 g/mol. The fraction of sp³-hybridized carbons (Fsp3) is 0.235. The Balaban J connectivity index is 1.87. The van der Waals surface area contributed by atoms with E-state index in [2.05, 4.69) is 10.0 Å². The van der Waals surface area contributed by atoms with Gasteiger partial charge in [0, 0.05) is 6.54 Å². The summed E-state index contributed by atoms with van der Waals surface area (Å²) in [6, 6.07) is 12.9. The van der Waals surface area contributed by atoms with Gasteiger partial charge in [-0.25, -0.2) is 17.5 Å². The number of carbonyl (C=O) groups excluding carboxylic acids is 1. The van der Waals surface area contributed by atoms with E-state index in [-0.39, 0.29) is 23.9 Å². The topological polar surface area (TPSA) is 75.3 Å². The van der Waals surface area contributed by atoms with Gasteiger partial charge in [-0.3, -0.25) is 4.79 Å². The summed E-state index contributed by atoms with van der Waals surface area (Å²) in [6.45, 7) is 0.327. The quantitative estimate of drug-likeness (QED) is 0.799. The number of carbonyl (C=O) groups is 1. The minimum Gasteiger partial charge on any atom is -0.352 e. The number of amides is 1. The van der Waals surface area contributed by atoms with Crippen LogP contribution in [-0.4, -0.2) is 21.4 Å².